The van der Waals surface area contributed by atoms with Crippen LogP contribution in [0.3, 0.4) is 0 Å². The largest absolute Gasteiger partial charge is 0.417 e. The Kier molecular flexibility index (Phi) is 10.5. The minimum Gasteiger partial charge on any atom is -0.308 e. The molecule has 2 aromatic heterocycles. The van der Waals surface area contributed by atoms with Crippen molar-refractivity contribution in [3.63, 3.8) is 0 Å². The van der Waals surface area contributed by atoms with E-state index >= 15 is 26.3 Å². The number of fused-ring (bicyclic) bond motifs is 3. The lowest BCUT2D eigenvalue weighted by Gasteiger charge is -2.24. The van der Waals surface area contributed by atoms with E-state index in [0.29, 0.717) is 50.0 Å². The Hall–Kier alpha value is -8.80. The molecular weight excluding hydrogens is 857 g/mol. The van der Waals surface area contributed by atoms with Crippen molar-refractivity contribution in [2.45, 2.75) is 12.4 Å². The van der Waals surface area contributed by atoms with Crippen LogP contribution < -0.4 is 0 Å². The van der Waals surface area contributed by atoms with Crippen LogP contribution in [-0.2, 0) is 12.4 Å². The first-order valence-corrected chi connectivity index (χ1v) is 20.9. The van der Waals surface area contributed by atoms with Gasteiger partial charge in [-0.2, -0.15) is 36.9 Å². The Labute approximate surface area is 379 Å². The molecule has 0 saturated heterocycles. The smallest absolute Gasteiger partial charge is 0.308 e. The molecule has 0 radical (unpaired) electrons. The van der Waals surface area contributed by atoms with Crippen molar-refractivity contribution in [1.82, 2.24) is 14.5 Å². The van der Waals surface area contributed by atoms with Gasteiger partial charge in [0.2, 0.25) is 0 Å². The summed E-state index contributed by atoms with van der Waals surface area (Å²) >= 11 is 0. The molecule has 11 heteroatoms. The topological polar surface area (TPSA) is 78.3 Å². The Morgan fingerprint density at radius 2 is 0.881 bits per heavy atom. The third-order valence-corrected chi connectivity index (χ3v) is 11.7. The maximum absolute atomic E-state index is 15.4. The van der Waals surface area contributed by atoms with Gasteiger partial charge in [-0.15, -0.1) is 0 Å². The summed E-state index contributed by atoms with van der Waals surface area (Å²) in [6.45, 7) is 0. The molecule has 8 aromatic carbocycles. The average molecular weight is 888 g/mol. The van der Waals surface area contributed by atoms with E-state index in [4.69, 9.17) is 9.97 Å². The first-order valence-electron chi connectivity index (χ1n) is 20.9. The standard InChI is InChI=1S/C56H31F6N5/c57-55(58,59)47-20-10-7-17-41(47)45-29-40(50-31-49(36-13-3-1-4-14-36)65-54(66-50)37-15-5-2-6-16-37)30-46(42-18-8-11-21-48(42)56(60,61)62)53(45)67-51-22-12-9-19-43(51)44-28-38(23-24-52(44)67)39-26-34(32-63)25-35(27-39)33-64/h1-31H. The van der Waals surface area contributed by atoms with E-state index in [1.165, 1.54) is 42.5 Å². The number of rotatable bonds is 7. The molecule has 10 rings (SSSR count). The van der Waals surface area contributed by atoms with Gasteiger partial charge in [-0.05, 0) is 89.0 Å². The molecular formula is C56H31F6N5. The second-order valence-electron chi connectivity index (χ2n) is 15.8. The molecule has 322 valence electrons. The van der Waals surface area contributed by atoms with E-state index in [0.717, 1.165) is 17.7 Å². The molecule has 0 amide bonds. The Balaban J connectivity index is 1.37. The van der Waals surface area contributed by atoms with Gasteiger partial charge in [-0.3, -0.25) is 0 Å². The van der Waals surface area contributed by atoms with Crippen LogP contribution in [0.2, 0.25) is 0 Å². The highest BCUT2D eigenvalue weighted by atomic mass is 19.4. The molecule has 2 heterocycles. The summed E-state index contributed by atoms with van der Waals surface area (Å²) in [5, 5.41) is 20.8. The third-order valence-electron chi connectivity index (χ3n) is 11.7. The second-order valence-corrected chi connectivity index (χ2v) is 15.8. The molecule has 10 aromatic rings. The molecule has 0 fully saturated rings. The monoisotopic (exact) mass is 887 g/mol. The molecule has 0 aliphatic carbocycles. The predicted molar refractivity (Wildman–Crippen MR) is 248 cm³/mol. The number of nitriles is 2. The molecule has 0 spiro atoms. The fourth-order valence-electron chi connectivity index (χ4n) is 8.75. The highest BCUT2D eigenvalue weighted by Crippen LogP contribution is 2.49. The van der Waals surface area contributed by atoms with Gasteiger partial charge >= 0.3 is 12.4 Å². The van der Waals surface area contributed by atoms with Crippen LogP contribution in [0.4, 0.5) is 26.3 Å². The molecule has 5 nitrogen and oxygen atoms in total. The van der Waals surface area contributed by atoms with Crippen molar-refractivity contribution in [2.75, 3.05) is 0 Å². The maximum Gasteiger partial charge on any atom is 0.417 e. The summed E-state index contributed by atoms with van der Waals surface area (Å²) in [4.78, 5) is 9.85. The normalized spacial score (nSPS) is 11.7. The minimum atomic E-state index is -4.88. The van der Waals surface area contributed by atoms with Crippen LogP contribution in [0.25, 0.3) is 94.8 Å². The van der Waals surface area contributed by atoms with Crippen LogP contribution in [0.5, 0.6) is 0 Å². The van der Waals surface area contributed by atoms with Crippen LogP contribution >= 0.6 is 0 Å². The van der Waals surface area contributed by atoms with Gasteiger partial charge in [0.15, 0.2) is 5.82 Å². The first-order chi connectivity index (χ1) is 32.4. The van der Waals surface area contributed by atoms with E-state index in [1.807, 2.05) is 72.8 Å². The maximum atomic E-state index is 15.4. The Morgan fingerprint density at radius 1 is 0.388 bits per heavy atom. The number of alkyl halides is 6. The SMILES string of the molecule is N#Cc1cc(C#N)cc(-c2ccc3c(c2)c2ccccc2n3-c2c(-c3ccccc3C(F)(F)F)cc(-c3cc(-c4ccccc4)nc(-c4ccccc4)n3)cc2-c2ccccc2C(F)(F)F)c1. The number of para-hydroxylation sites is 1. The van der Waals surface area contributed by atoms with Gasteiger partial charge < -0.3 is 4.57 Å². The summed E-state index contributed by atoms with van der Waals surface area (Å²) < 4.78 is 93.9. The van der Waals surface area contributed by atoms with Gasteiger partial charge in [-0.1, -0.05) is 121 Å². The average Bonchev–Trinajstić information content (AvgIpc) is 3.69. The van der Waals surface area contributed by atoms with Crippen molar-refractivity contribution < 1.29 is 26.3 Å². The van der Waals surface area contributed by atoms with Crippen molar-refractivity contribution in [3.8, 4) is 85.1 Å². The van der Waals surface area contributed by atoms with E-state index in [1.54, 1.807) is 65.2 Å². The zero-order valence-corrected chi connectivity index (χ0v) is 34.9. The number of aromatic nitrogens is 3. The molecule has 67 heavy (non-hydrogen) atoms. The number of hydrogen-bond acceptors (Lipinski definition) is 4. The van der Waals surface area contributed by atoms with Crippen molar-refractivity contribution in [1.29, 1.82) is 10.5 Å². The molecule has 0 saturated carbocycles. The Bertz CT molecular complexity index is 3470. The number of halogens is 6. The van der Waals surface area contributed by atoms with Crippen LogP contribution in [0.15, 0.2) is 188 Å². The van der Waals surface area contributed by atoms with Crippen molar-refractivity contribution in [2.24, 2.45) is 0 Å². The lowest BCUT2D eigenvalue weighted by Crippen LogP contribution is -2.11. The zero-order chi connectivity index (χ0) is 46.5. The van der Waals surface area contributed by atoms with E-state index < -0.39 is 23.5 Å². The number of nitrogens with zero attached hydrogens (tertiary/aromatic N) is 5. The summed E-state index contributed by atoms with van der Waals surface area (Å²) in [7, 11) is 0. The fourth-order valence-corrected chi connectivity index (χ4v) is 8.75. The van der Waals surface area contributed by atoms with E-state index in [9.17, 15) is 10.5 Å². The minimum absolute atomic E-state index is 0.00866. The fraction of sp³-hybridized carbons (Fsp3) is 0.0357. The number of hydrogen-bond donors (Lipinski definition) is 0. The zero-order valence-electron chi connectivity index (χ0n) is 34.9. The summed E-state index contributed by atoms with van der Waals surface area (Å²) in [5.74, 6) is 0.302. The first kappa shape index (κ1) is 42.2. The van der Waals surface area contributed by atoms with Crippen molar-refractivity contribution >= 4 is 21.8 Å². The quantitative estimate of drug-likeness (QED) is 0.149. The molecule has 0 atom stereocenters. The van der Waals surface area contributed by atoms with Crippen LogP contribution in [0, 0.1) is 22.7 Å². The summed E-state index contributed by atoms with van der Waals surface area (Å²) in [6.07, 6.45) is -9.75. The van der Waals surface area contributed by atoms with Gasteiger partial charge in [0.05, 0.1) is 62.5 Å². The predicted octanol–water partition coefficient (Wildman–Crippen LogP) is 15.4. The van der Waals surface area contributed by atoms with Crippen LogP contribution in [-0.4, -0.2) is 14.5 Å². The van der Waals surface area contributed by atoms with Gasteiger partial charge in [-0.25, -0.2) is 9.97 Å². The van der Waals surface area contributed by atoms with Gasteiger partial charge in [0.1, 0.15) is 0 Å². The Morgan fingerprint density at radius 3 is 1.45 bits per heavy atom. The molecule has 0 unspecified atom stereocenters. The highest BCUT2D eigenvalue weighted by Gasteiger charge is 2.37. The molecule has 0 aliphatic heterocycles. The third kappa shape index (κ3) is 7.83. The van der Waals surface area contributed by atoms with E-state index in [2.05, 4.69) is 12.1 Å². The van der Waals surface area contributed by atoms with Gasteiger partial charge in [0.25, 0.3) is 0 Å². The van der Waals surface area contributed by atoms with Crippen molar-refractivity contribution in [3.05, 3.63) is 210 Å². The summed E-state index contributed by atoms with van der Waals surface area (Å²) in [5.41, 5.74) is 2.64. The van der Waals surface area contributed by atoms with Crippen LogP contribution in [0.1, 0.15) is 22.3 Å². The molecule has 0 aliphatic rings. The molecule has 0 bridgehead atoms. The summed E-state index contributed by atoms with van der Waals surface area (Å²) in [6, 6.07) is 54.8. The van der Waals surface area contributed by atoms with E-state index in [-0.39, 0.29) is 50.3 Å². The lowest BCUT2D eigenvalue weighted by molar-refractivity contribution is -0.137. The van der Waals surface area contributed by atoms with Gasteiger partial charge in [0, 0.05) is 38.6 Å². The molecule has 0 N–H and O–H groups in total. The second kappa shape index (κ2) is 16.6. The number of benzene rings is 8. The highest BCUT2D eigenvalue weighted by molar-refractivity contribution is 6.12. The lowest BCUT2D eigenvalue weighted by atomic mass is 9.88.